The molecule has 100 valence electrons. The zero-order valence-corrected chi connectivity index (χ0v) is 11.0. The predicted molar refractivity (Wildman–Crippen MR) is 71.2 cm³/mol. The van der Waals surface area contributed by atoms with E-state index in [1.54, 1.807) is 25.6 Å². The van der Waals surface area contributed by atoms with Gasteiger partial charge in [0.2, 0.25) is 11.8 Å². The van der Waals surface area contributed by atoms with Crippen LogP contribution in [0.5, 0.6) is 11.8 Å². The van der Waals surface area contributed by atoms with Crippen LogP contribution >= 0.6 is 0 Å². The van der Waals surface area contributed by atoms with Crippen molar-refractivity contribution in [2.24, 2.45) is 0 Å². The van der Waals surface area contributed by atoms with Crippen LogP contribution in [0, 0.1) is 6.92 Å². The van der Waals surface area contributed by atoms with Crippen LogP contribution in [0.2, 0.25) is 0 Å². The van der Waals surface area contributed by atoms with E-state index in [1.165, 1.54) is 0 Å². The number of hydrogen-bond donors (Lipinski definition) is 1. The van der Waals surface area contributed by atoms with Gasteiger partial charge >= 0.3 is 0 Å². The first-order valence-corrected chi connectivity index (χ1v) is 5.90. The van der Waals surface area contributed by atoms with Crippen molar-refractivity contribution in [2.75, 3.05) is 19.5 Å². The van der Waals surface area contributed by atoms with Gasteiger partial charge in [-0.1, -0.05) is 0 Å². The van der Waals surface area contributed by atoms with Gasteiger partial charge < -0.3 is 15.2 Å². The summed E-state index contributed by atoms with van der Waals surface area (Å²) in [5.74, 6) is 0.954. The van der Waals surface area contributed by atoms with Gasteiger partial charge in [0.05, 0.1) is 31.3 Å². The van der Waals surface area contributed by atoms with Crippen LogP contribution in [0.4, 0.5) is 5.69 Å². The lowest BCUT2D eigenvalue weighted by Gasteiger charge is -2.07. The molecule has 0 saturated carbocycles. The zero-order valence-electron chi connectivity index (χ0n) is 11.0. The molecule has 0 saturated heterocycles. The Labute approximate surface area is 111 Å². The maximum absolute atomic E-state index is 5.70. The second-order valence-corrected chi connectivity index (χ2v) is 4.00. The van der Waals surface area contributed by atoms with E-state index in [0.717, 1.165) is 11.4 Å². The van der Waals surface area contributed by atoms with E-state index < -0.39 is 0 Å². The van der Waals surface area contributed by atoms with E-state index in [2.05, 4.69) is 15.0 Å². The first kappa shape index (κ1) is 13.1. The molecule has 0 amide bonds. The van der Waals surface area contributed by atoms with Gasteiger partial charge in [0.25, 0.3) is 0 Å². The number of rotatable bonds is 5. The summed E-state index contributed by atoms with van der Waals surface area (Å²) in [6.45, 7) is 2.34. The lowest BCUT2D eigenvalue weighted by Crippen LogP contribution is -2.06. The Kier molecular flexibility index (Phi) is 4.12. The quantitative estimate of drug-likeness (QED) is 0.874. The fraction of sp³-hybridized carbons (Fsp3) is 0.308. The summed E-state index contributed by atoms with van der Waals surface area (Å²) in [6, 6.07) is 3.62. The summed E-state index contributed by atoms with van der Waals surface area (Å²) in [6.07, 6.45) is 3.91. The zero-order chi connectivity index (χ0) is 13.7. The van der Waals surface area contributed by atoms with Crippen molar-refractivity contribution < 1.29 is 9.47 Å². The monoisotopic (exact) mass is 260 g/mol. The van der Waals surface area contributed by atoms with Crippen LogP contribution in [0.15, 0.2) is 24.5 Å². The Hall–Kier alpha value is -2.37. The minimum absolute atomic E-state index is 0.438. The number of hydrogen-bond acceptors (Lipinski definition) is 6. The topological polar surface area (TPSA) is 83.2 Å². The highest BCUT2D eigenvalue weighted by molar-refractivity contribution is 5.48. The fourth-order valence-corrected chi connectivity index (χ4v) is 1.56. The molecule has 0 spiro atoms. The second kappa shape index (κ2) is 5.99. The normalized spacial score (nSPS) is 10.2. The molecule has 0 aliphatic heterocycles. The van der Waals surface area contributed by atoms with E-state index in [-0.39, 0.29) is 0 Å². The maximum atomic E-state index is 5.70. The molecule has 6 nitrogen and oxygen atoms in total. The number of methoxy groups -OCH3 is 1. The molecule has 0 radical (unpaired) electrons. The number of pyridine rings is 1. The summed E-state index contributed by atoms with van der Waals surface area (Å²) in [5.41, 5.74) is 7.90. The number of nitrogens with zero attached hydrogens (tertiary/aromatic N) is 3. The summed E-state index contributed by atoms with van der Waals surface area (Å²) in [5, 5.41) is 0. The molecule has 0 bridgehead atoms. The molecular weight excluding hydrogens is 244 g/mol. The summed E-state index contributed by atoms with van der Waals surface area (Å²) in [4.78, 5) is 12.5. The Morgan fingerprint density at radius 1 is 1.21 bits per heavy atom. The number of anilines is 1. The average Bonchev–Trinajstić information content (AvgIpc) is 2.41. The van der Waals surface area contributed by atoms with Crippen molar-refractivity contribution in [3.05, 3.63) is 35.9 Å². The van der Waals surface area contributed by atoms with Gasteiger partial charge in [-0.25, -0.2) is 9.97 Å². The van der Waals surface area contributed by atoms with Crippen molar-refractivity contribution in [1.82, 2.24) is 15.0 Å². The lowest BCUT2D eigenvalue weighted by molar-refractivity contribution is 0.305. The highest BCUT2D eigenvalue weighted by Crippen LogP contribution is 2.17. The third kappa shape index (κ3) is 3.54. The van der Waals surface area contributed by atoms with Crippen molar-refractivity contribution in [3.63, 3.8) is 0 Å². The fourth-order valence-electron chi connectivity index (χ4n) is 1.56. The average molecular weight is 260 g/mol. The van der Waals surface area contributed by atoms with Gasteiger partial charge in [-0.2, -0.15) is 0 Å². The number of nitrogen functional groups attached to an aromatic ring is 1. The maximum Gasteiger partial charge on any atom is 0.237 e. The van der Waals surface area contributed by atoms with Crippen LogP contribution in [0.3, 0.4) is 0 Å². The highest BCUT2D eigenvalue weighted by Gasteiger charge is 2.04. The van der Waals surface area contributed by atoms with Crippen molar-refractivity contribution in [1.29, 1.82) is 0 Å². The molecule has 0 aliphatic carbocycles. The van der Waals surface area contributed by atoms with Gasteiger partial charge in [0.1, 0.15) is 0 Å². The lowest BCUT2D eigenvalue weighted by atomic mass is 10.2. The molecule has 19 heavy (non-hydrogen) atoms. The third-order valence-electron chi connectivity index (χ3n) is 2.48. The largest absolute Gasteiger partial charge is 0.480 e. The van der Waals surface area contributed by atoms with E-state index in [9.17, 15) is 0 Å². The van der Waals surface area contributed by atoms with Crippen LogP contribution in [-0.2, 0) is 6.42 Å². The summed E-state index contributed by atoms with van der Waals surface area (Å²) in [7, 11) is 1.54. The van der Waals surface area contributed by atoms with E-state index in [0.29, 0.717) is 30.5 Å². The first-order valence-electron chi connectivity index (χ1n) is 5.90. The Balaban J connectivity index is 1.92. The van der Waals surface area contributed by atoms with Crippen molar-refractivity contribution in [2.45, 2.75) is 13.3 Å². The van der Waals surface area contributed by atoms with Crippen LogP contribution in [0.1, 0.15) is 11.4 Å². The summed E-state index contributed by atoms with van der Waals surface area (Å²) >= 11 is 0. The second-order valence-electron chi connectivity index (χ2n) is 4.00. The smallest absolute Gasteiger partial charge is 0.237 e. The van der Waals surface area contributed by atoms with Crippen molar-refractivity contribution >= 4 is 5.69 Å². The van der Waals surface area contributed by atoms with Gasteiger partial charge in [-0.05, 0) is 19.1 Å². The van der Waals surface area contributed by atoms with Crippen molar-refractivity contribution in [3.8, 4) is 11.8 Å². The molecule has 2 aromatic heterocycles. The van der Waals surface area contributed by atoms with E-state index in [1.807, 2.05) is 13.0 Å². The Morgan fingerprint density at radius 2 is 2.05 bits per heavy atom. The number of aromatic nitrogens is 3. The predicted octanol–water partition coefficient (Wildman–Crippen LogP) is 1.39. The molecule has 0 unspecified atom stereocenters. The van der Waals surface area contributed by atoms with Crippen LogP contribution < -0.4 is 15.2 Å². The molecule has 2 N–H and O–H groups in total. The Morgan fingerprint density at radius 3 is 2.79 bits per heavy atom. The molecule has 0 atom stereocenters. The Bertz CT molecular complexity index is 560. The third-order valence-corrected chi connectivity index (χ3v) is 2.48. The minimum Gasteiger partial charge on any atom is -0.480 e. The van der Waals surface area contributed by atoms with E-state index in [4.69, 9.17) is 15.2 Å². The highest BCUT2D eigenvalue weighted by atomic mass is 16.5. The standard InChI is InChI=1S/C13H16N4O2/c1-9-7-15-8-12(16-9)19-6-5-10-3-4-11(14)13(17-10)18-2/h3-4,7-8H,5-6,14H2,1-2H3. The number of ether oxygens (including phenoxy) is 2. The molecule has 0 aliphatic rings. The van der Waals surface area contributed by atoms with Gasteiger partial charge in [0.15, 0.2) is 0 Å². The minimum atomic E-state index is 0.438. The van der Waals surface area contributed by atoms with Crippen LogP contribution in [-0.4, -0.2) is 28.7 Å². The van der Waals surface area contributed by atoms with Crippen LogP contribution in [0.25, 0.3) is 0 Å². The molecule has 6 heteroatoms. The van der Waals surface area contributed by atoms with Gasteiger partial charge in [-0.15, -0.1) is 0 Å². The molecule has 2 rings (SSSR count). The molecule has 0 fully saturated rings. The number of nitrogens with two attached hydrogens (primary N) is 1. The molecular formula is C13H16N4O2. The SMILES string of the molecule is COc1nc(CCOc2cncc(C)n2)ccc1N. The summed E-state index contributed by atoms with van der Waals surface area (Å²) < 4.78 is 10.6. The first-order chi connectivity index (χ1) is 9.19. The van der Waals surface area contributed by atoms with E-state index >= 15 is 0 Å². The molecule has 2 heterocycles. The molecule has 2 aromatic rings. The van der Waals surface area contributed by atoms with Gasteiger partial charge in [-0.3, -0.25) is 4.98 Å². The molecule has 0 aromatic carbocycles. The van der Waals surface area contributed by atoms with Gasteiger partial charge in [0, 0.05) is 18.3 Å². The number of aryl methyl sites for hydroxylation is 1.